The number of carbonyl (C=O) groups is 1. The molecule has 4 nitrogen and oxygen atoms in total. The van der Waals surface area contributed by atoms with Gasteiger partial charge in [-0.15, -0.1) is 0 Å². The van der Waals surface area contributed by atoms with E-state index in [0.717, 1.165) is 21.9 Å². The van der Waals surface area contributed by atoms with Crippen LogP contribution in [-0.2, 0) is 16.2 Å². The van der Waals surface area contributed by atoms with E-state index in [2.05, 4.69) is 21.2 Å². The maximum atomic E-state index is 11.5. The lowest BCUT2D eigenvalue weighted by molar-refractivity contribution is -0.203. The van der Waals surface area contributed by atoms with Gasteiger partial charge in [0.05, 0.1) is 6.61 Å². The second-order valence-electron chi connectivity index (χ2n) is 5.66. The van der Waals surface area contributed by atoms with Crippen LogP contribution in [0.4, 0.5) is 0 Å². The van der Waals surface area contributed by atoms with Gasteiger partial charge in [-0.2, -0.15) is 5.06 Å². The van der Waals surface area contributed by atoms with Gasteiger partial charge in [0.25, 0.3) is 0 Å². The maximum absolute atomic E-state index is 11.5. The van der Waals surface area contributed by atoms with Crippen LogP contribution in [0.2, 0.25) is 0 Å². The summed E-state index contributed by atoms with van der Waals surface area (Å²) in [6.07, 6.45) is 0.794. The monoisotopic (exact) mass is 374 g/mol. The highest BCUT2D eigenvalue weighted by atomic mass is 79.9. The van der Waals surface area contributed by atoms with Crippen molar-refractivity contribution in [2.24, 2.45) is 0 Å². The van der Waals surface area contributed by atoms with E-state index in [-0.39, 0.29) is 18.2 Å². The zero-order valence-electron chi connectivity index (χ0n) is 12.9. The Bertz CT molecular complexity index is 665. The first kappa shape index (κ1) is 16.3. The van der Waals surface area contributed by atoms with Gasteiger partial charge in [-0.3, -0.25) is 10.2 Å². The molecule has 0 aliphatic carbocycles. The second kappa shape index (κ2) is 7.36. The molecule has 5 heteroatoms. The summed E-state index contributed by atoms with van der Waals surface area (Å²) in [5.41, 5.74) is 2.13. The number of rotatable bonds is 5. The van der Waals surface area contributed by atoms with E-state index in [1.807, 2.05) is 61.5 Å². The lowest BCUT2D eigenvalue weighted by Gasteiger charge is -2.26. The van der Waals surface area contributed by atoms with Crippen LogP contribution in [0, 0.1) is 0 Å². The summed E-state index contributed by atoms with van der Waals surface area (Å²) in [4.78, 5) is 17.5. The Labute approximate surface area is 144 Å². The van der Waals surface area contributed by atoms with Gasteiger partial charge in [-0.25, -0.2) is 0 Å². The molecule has 120 valence electrons. The van der Waals surface area contributed by atoms with E-state index < -0.39 is 0 Å². The average molecular weight is 375 g/mol. The van der Waals surface area contributed by atoms with E-state index >= 15 is 0 Å². The molecular formula is C18H19BrN2O2. The van der Waals surface area contributed by atoms with Crippen molar-refractivity contribution in [3.05, 3.63) is 70.2 Å². The number of halogens is 1. The minimum atomic E-state index is -0.317. The molecule has 1 aliphatic heterocycles. The molecule has 0 amide bonds. The van der Waals surface area contributed by atoms with Gasteiger partial charge < -0.3 is 4.79 Å². The summed E-state index contributed by atoms with van der Waals surface area (Å²) < 4.78 is 1.00. The fraction of sp³-hybridized carbons (Fsp3) is 0.278. The molecule has 1 fully saturated rings. The molecule has 0 aromatic heterocycles. The van der Waals surface area contributed by atoms with Crippen molar-refractivity contribution >= 4 is 22.2 Å². The summed E-state index contributed by atoms with van der Waals surface area (Å²) in [6.45, 7) is 2.43. The SMILES string of the molecule is C[C@H]1NC(c2cccc(Br)c2)N(OCc2ccccc2)C1C=O. The van der Waals surface area contributed by atoms with Crippen molar-refractivity contribution in [3.63, 3.8) is 0 Å². The van der Waals surface area contributed by atoms with Gasteiger partial charge in [0.15, 0.2) is 0 Å². The van der Waals surface area contributed by atoms with E-state index in [0.29, 0.717) is 6.61 Å². The number of aldehydes is 1. The number of nitrogens with one attached hydrogen (secondary N) is 1. The molecule has 2 unspecified atom stereocenters. The number of benzene rings is 2. The Morgan fingerprint density at radius 2 is 2.00 bits per heavy atom. The summed E-state index contributed by atoms with van der Waals surface area (Å²) in [6, 6.07) is 17.7. The van der Waals surface area contributed by atoms with Gasteiger partial charge in [0, 0.05) is 10.5 Å². The Balaban J connectivity index is 1.81. The van der Waals surface area contributed by atoms with E-state index in [4.69, 9.17) is 4.84 Å². The molecule has 0 radical (unpaired) electrons. The first-order chi connectivity index (χ1) is 11.2. The summed E-state index contributed by atoms with van der Waals surface area (Å²) in [5.74, 6) is 0. The number of hydroxylamine groups is 2. The first-order valence-corrected chi connectivity index (χ1v) is 8.40. The van der Waals surface area contributed by atoms with Crippen LogP contribution in [0.1, 0.15) is 24.2 Å². The van der Waals surface area contributed by atoms with Crippen molar-refractivity contribution in [2.75, 3.05) is 0 Å². The Kier molecular flexibility index (Phi) is 5.23. The van der Waals surface area contributed by atoms with E-state index in [1.165, 1.54) is 0 Å². The number of hydrogen-bond donors (Lipinski definition) is 1. The normalized spacial score (nSPS) is 24.7. The molecular weight excluding hydrogens is 356 g/mol. The number of nitrogens with zero attached hydrogens (tertiary/aromatic N) is 1. The van der Waals surface area contributed by atoms with Crippen molar-refractivity contribution in [1.29, 1.82) is 0 Å². The minimum Gasteiger partial charge on any atom is -0.301 e. The van der Waals surface area contributed by atoms with Crippen LogP contribution in [0.3, 0.4) is 0 Å². The third-order valence-electron chi connectivity index (χ3n) is 4.01. The lowest BCUT2D eigenvalue weighted by atomic mass is 10.2. The van der Waals surface area contributed by atoms with Crippen molar-refractivity contribution < 1.29 is 9.63 Å². The number of carbonyl (C=O) groups excluding carboxylic acids is 1. The Hall–Kier alpha value is -1.53. The summed E-state index contributed by atoms with van der Waals surface area (Å²) in [7, 11) is 0. The van der Waals surface area contributed by atoms with Crippen molar-refractivity contribution in [3.8, 4) is 0 Å². The van der Waals surface area contributed by atoms with Crippen LogP contribution < -0.4 is 5.32 Å². The molecule has 1 aliphatic rings. The predicted octanol–water partition coefficient (Wildman–Crippen LogP) is 3.44. The second-order valence-corrected chi connectivity index (χ2v) is 6.57. The van der Waals surface area contributed by atoms with Crippen LogP contribution in [0.15, 0.2) is 59.1 Å². The van der Waals surface area contributed by atoms with Crippen molar-refractivity contribution in [2.45, 2.75) is 31.8 Å². The van der Waals surface area contributed by atoms with Gasteiger partial charge in [0.2, 0.25) is 0 Å². The van der Waals surface area contributed by atoms with E-state index in [9.17, 15) is 4.79 Å². The quantitative estimate of drug-likeness (QED) is 0.813. The van der Waals surface area contributed by atoms with Crippen molar-refractivity contribution in [1.82, 2.24) is 10.4 Å². The van der Waals surface area contributed by atoms with E-state index in [1.54, 1.807) is 5.06 Å². The zero-order valence-corrected chi connectivity index (χ0v) is 14.4. The van der Waals surface area contributed by atoms with Gasteiger partial charge in [-0.1, -0.05) is 58.4 Å². The molecule has 0 spiro atoms. The third-order valence-corrected chi connectivity index (χ3v) is 4.50. The van der Waals surface area contributed by atoms with Crippen LogP contribution in [-0.4, -0.2) is 23.4 Å². The average Bonchev–Trinajstić information content (AvgIpc) is 2.89. The topological polar surface area (TPSA) is 41.6 Å². The molecule has 1 saturated heterocycles. The zero-order chi connectivity index (χ0) is 16.2. The minimum absolute atomic E-state index is 0.0206. The largest absolute Gasteiger partial charge is 0.301 e. The third kappa shape index (κ3) is 3.70. The molecule has 1 N–H and O–H groups in total. The van der Waals surface area contributed by atoms with Crippen LogP contribution >= 0.6 is 15.9 Å². The summed E-state index contributed by atoms with van der Waals surface area (Å²) in [5, 5.41) is 5.20. The standard InChI is InChI=1S/C18H19BrN2O2/c1-13-17(11-22)21(23-12-14-6-3-2-4-7-14)18(20-13)15-8-5-9-16(19)10-15/h2-11,13,17-18,20H,12H2,1H3/t13-,17?,18?/m1/s1. The fourth-order valence-corrected chi connectivity index (χ4v) is 3.21. The highest BCUT2D eigenvalue weighted by molar-refractivity contribution is 9.10. The molecule has 1 heterocycles. The van der Waals surface area contributed by atoms with Gasteiger partial charge in [-0.05, 0) is 30.2 Å². The molecule has 2 aromatic carbocycles. The van der Waals surface area contributed by atoms with Gasteiger partial charge >= 0.3 is 0 Å². The van der Waals surface area contributed by atoms with Crippen LogP contribution in [0.25, 0.3) is 0 Å². The molecule has 3 atom stereocenters. The Morgan fingerprint density at radius 1 is 1.22 bits per heavy atom. The summed E-state index contributed by atoms with van der Waals surface area (Å²) >= 11 is 3.50. The van der Waals surface area contributed by atoms with Crippen LogP contribution in [0.5, 0.6) is 0 Å². The highest BCUT2D eigenvalue weighted by Crippen LogP contribution is 2.30. The highest BCUT2D eigenvalue weighted by Gasteiger charge is 2.40. The fourth-order valence-electron chi connectivity index (χ4n) is 2.80. The Morgan fingerprint density at radius 3 is 2.70 bits per heavy atom. The molecule has 0 bridgehead atoms. The predicted molar refractivity (Wildman–Crippen MR) is 92.4 cm³/mol. The maximum Gasteiger partial charge on any atom is 0.141 e. The molecule has 3 rings (SSSR count). The number of hydrogen-bond acceptors (Lipinski definition) is 4. The molecule has 0 saturated carbocycles. The first-order valence-electron chi connectivity index (χ1n) is 7.61. The van der Waals surface area contributed by atoms with Gasteiger partial charge in [0.1, 0.15) is 18.5 Å². The molecule has 2 aromatic rings. The molecule has 23 heavy (non-hydrogen) atoms. The smallest absolute Gasteiger partial charge is 0.141 e. The lowest BCUT2D eigenvalue weighted by Crippen LogP contribution is -2.36.